The van der Waals surface area contributed by atoms with Gasteiger partial charge in [-0.3, -0.25) is 4.98 Å². The zero-order valence-electron chi connectivity index (χ0n) is 11.0. The van der Waals surface area contributed by atoms with E-state index in [1.165, 1.54) is 4.88 Å². The fraction of sp³-hybridized carbons (Fsp3) is 0.200. The fourth-order valence-electron chi connectivity index (χ4n) is 2.16. The number of nitrogens with one attached hydrogen (secondary N) is 1. The number of likely N-dealkylation sites (N-methyl/N-ethyl adjacent to an activating group) is 1. The molecule has 3 aromatic rings. The van der Waals surface area contributed by atoms with Crippen LogP contribution in [-0.2, 0) is 6.42 Å². The SMILES string of the molecule is CNC(Cc1ccc(Cl)s1)c1cnc2ccccc2n1. The standard InChI is InChI=1S/C15H14ClN3S/c1-17-13(8-10-6-7-15(16)20-10)14-9-18-11-4-2-3-5-12(11)19-14/h2-7,9,13,17H,8H2,1H3. The number of benzene rings is 1. The molecule has 0 spiro atoms. The van der Waals surface area contributed by atoms with Gasteiger partial charge in [0.05, 0.1) is 33.3 Å². The highest BCUT2D eigenvalue weighted by Gasteiger charge is 2.14. The molecule has 2 aromatic heterocycles. The normalized spacial score (nSPS) is 12.7. The average Bonchev–Trinajstić information content (AvgIpc) is 2.89. The molecule has 20 heavy (non-hydrogen) atoms. The molecule has 102 valence electrons. The van der Waals surface area contributed by atoms with Crippen molar-refractivity contribution >= 4 is 34.0 Å². The molecular weight excluding hydrogens is 290 g/mol. The lowest BCUT2D eigenvalue weighted by molar-refractivity contribution is 0.580. The maximum absolute atomic E-state index is 5.98. The Bertz CT molecular complexity index is 726. The maximum Gasteiger partial charge on any atom is 0.0931 e. The largest absolute Gasteiger partial charge is 0.311 e. The lowest BCUT2D eigenvalue weighted by atomic mass is 10.1. The highest BCUT2D eigenvalue weighted by molar-refractivity contribution is 7.16. The number of nitrogens with zero attached hydrogens (tertiary/aromatic N) is 2. The van der Waals surface area contributed by atoms with Crippen molar-refractivity contribution in [3.8, 4) is 0 Å². The first kappa shape index (κ1) is 13.5. The van der Waals surface area contributed by atoms with Crippen LogP contribution in [0.2, 0.25) is 4.34 Å². The molecule has 0 aliphatic heterocycles. The molecule has 0 amide bonds. The van der Waals surface area contributed by atoms with E-state index in [0.717, 1.165) is 27.5 Å². The van der Waals surface area contributed by atoms with Gasteiger partial charge in [-0.1, -0.05) is 23.7 Å². The predicted molar refractivity (Wildman–Crippen MR) is 84.4 cm³/mol. The van der Waals surface area contributed by atoms with Gasteiger partial charge >= 0.3 is 0 Å². The van der Waals surface area contributed by atoms with E-state index in [4.69, 9.17) is 16.6 Å². The van der Waals surface area contributed by atoms with Gasteiger partial charge < -0.3 is 5.32 Å². The van der Waals surface area contributed by atoms with Crippen LogP contribution in [0.25, 0.3) is 11.0 Å². The first-order valence-electron chi connectivity index (χ1n) is 6.39. The van der Waals surface area contributed by atoms with Crippen molar-refractivity contribution in [2.75, 3.05) is 7.05 Å². The van der Waals surface area contributed by atoms with Crippen molar-refractivity contribution in [3.63, 3.8) is 0 Å². The second kappa shape index (κ2) is 5.87. The van der Waals surface area contributed by atoms with E-state index in [1.807, 2.05) is 43.6 Å². The van der Waals surface area contributed by atoms with Crippen molar-refractivity contribution in [2.24, 2.45) is 0 Å². The second-order valence-electron chi connectivity index (χ2n) is 4.53. The van der Waals surface area contributed by atoms with Gasteiger partial charge in [-0.15, -0.1) is 11.3 Å². The lowest BCUT2D eigenvalue weighted by Crippen LogP contribution is -2.20. The molecule has 0 aliphatic carbocycles. The van der Waals surface area contributed by atoms with E-state index >= 15 is 0 Å². The van der Waals surface area contributed by atoms with E-state index in [0.29, 0.717) is 0 Å². The van der Waals surface area contributed by atoms with Crippen LogP contribution in [0.15, 0.2) is 42.6 Å². The van der Waals surface area contributed by atoms with Crippen LogP contribution in [0.5, 0.6) is 0 Å². The number of hydrogen-bond acceptors (Lipinski definition) is 4. The van der Waals surface area contributed by atoms with Gasteiger partial charge in [0.2, 0.25) is 0 Å². The Balaban J connectivity index is 1.90. The van der Waals surface area contributed by atoms with E-state index in [2.05, 4.69) is 16.4 Å². The summed E-state index contributed by atoms with van der Waals surface area (Å²) in [4.78, 5) is 10.4. The third-order valence-corrected chi connectivity index (χ3v) is 4.46. The Morgan fingerprint density at radius 2 is 2.00 bits per heavy atom. The topological polar surface area (TPSA) is 37.8 Å². The summed E-state index contributed by atoms with van der Waals surface area (Å²) in [5, 5.41) is 3.30. The predicted octanol–water partition coefficient (Wildman–Crippen LogP) is 3.85. The summed E-state index contributed by atoms with van der Waals surface area (Å²) in [7, 11) is 1.94. The molecule has 1 aromatic carbocycles. The highest BCUT2D eigenvalue weighted by Crippen LogP contribution is 2.26. The van der Waals surface area contributed by atoms with Crippen LogP contribution in [-0.4, -0.2) is 17.0 Å². The minimum atomic E-state index is 0.141. The first-order chi connectivity index (χ1) is 9.76. The number of para-hydroxylation sites is 2. The van der Waals surface area contributed by atoms with E-state index in [1.54, 1.807) is 11.3 Å². The molecule has 2 heterocycles. The molecule has 0 fully saturated rings. The zero-order chi connectivity index (χ0) is 13.9. The van der Waals surface area contributed by atoms with Gasteiger partial charge in [-0.2, -0.15) is 0 Å². The molecule has 1 atom stereocenters. The van der Waals surface area contributed by atoms with Crippen molar-refractivity contribution in [1.82, 2.24) is 15.3 Å². The number of thiophene rings is 1. The molecule has 3 nitrogen and oxygen atoms in total. The molecule has 5 heteroatoms. The van der Waals surface area contributed by atoms with Crippen LogP contribution in [0, 0.1) is 0 Å². The van der Waals surface area contributed by atoms with Crippen molar-refractivity contribution in [3.05, 3.63) is 57.5 Å². The summed E-state index contributed by atoms with van der Waals surface area (Å²) in [6.07, 6.45) is 2.71. The summed E-state index contributed by atoms with van der Waals surface area (Å²) in [6, 6.07) is 12.0. The number of aromatic nitrogens is 2. The lowest BCUT2D eigenvalue weighted by Gasteiger charge is -2.14. The van der Waals surface area contributed by atoms with Crippen LogP contribution in [0.1, 0.15) is 16.6 Å². The monoisotopic (exact) mass is 303 g/mol. The molecule has 3 rings (SSSR count). The number of rotatable bonds is 4. The maximum atomic E-state index is 5.98. The summed E-state index contributed by atoms with van der Waals surface area (Å²) < 4.78 is 0.819. The minimum absolute atomic E-state index is 0.141. The van der Waals surface area contributed by atoms with E-state index in [-0.39, 0.29) is 6.04 Å². The third-order valence-electron chi connectivity index (χ3n) is 3.21. The average molecular weight is 304 g/mol. The van der Waals surface area contributed by atoms with Gasteiger partial charge in [-0.25, -0.2) is 4.98 Å². The van der Waals surface area contributed by atoms with Crippen LogP contribution in [0.3, 0.4) is 0 Å². The molecule has 0 bridgehead atoms. The van der Waals surface area contributed by atoms with Crippen molar-refractivity contribution in [2.45, 2.75) is 12.5 Å². The molecule has 0 radical (unpaired) electrons. The Morgan fingerprint density at radius 1 is 1.20 bits per heavy atom. The summed E-state index contributed by atoms with van der Waals surface area (Å²) >= 11 is 7.59. The fourth-order valence-corrected chi connectivity index (χ4v) is 3.29. The summed E-state index contributed by atoms with van der Waals surface area (Å²) in [6.45, 7) is 0. The molecule has 1 N–H and O–H groups in total. The minimum Gasteiger partial charge on any atom is -0.311 e. The van der Waals surface area contributed by atoms with Gasteiger partial charge in [0.15, 0.2) is 0 Å². The Morgan fingerprint density at radius 3 is 2.70 bits per heavy atom. The van der Waals surface area contributed by atoms with Crippen LogP contribution >= 0.6 is 22.9 Å². The number of fused-ring (bicyclic) bond motifs is 1. The molecule has 0 saturated heterocycles. The number of halogens is 1. The molecule has 1 unspecified atom stereocenters. The van der Waals surface area contributed by atoms with E-state index < -0.39 is 0 Å². The zero-order valence-corrected chi connectivity index (χ0v) is 12.6. The van der Waals surface area contributed by atoms with Crippen molar-refractivity contribution < 1.29 is 0 Å². The van der Waals surface area contributed by atoms with Gasteiger partial charge in [-0.05, 0) is 31.3 Å². The van der Waals surface area contributed by atoms with Crippen molar-refractivity contribution in [1.29, 1.82) is 0 Å². The van der Waals surface area contributed by atoms with E-state index in [9.17, 15) is 0 Å². The highest BCUT2D eigenvalue weighted by atomic mass is 35.5. The first-order valence-corrected chi connectivity index (χ1v) is 7.59. The third kappa shape index (κ3) is 2.82. The Hall–Kier alpha value is -1.49. The van der Waals surface area contributed by atoms with Crippen LogP contribution in [0.4, 0.5) is 0 Å². The molecule has 0 aliphatic rings. The van der Waals surface area contributed by atoms with Crippen LogP contribution < -0.4 is 5.32 Å². The van der Waals surface area contributed by atoms with Gasteiger partial charge in [0, 0.05) is 11.3 Å². The summed E-state index contributed by atoms with van der Waals surface area (Å²) in [5.74, 6) is 0. The Kier molecular flexibility index (Phi) is 3.96. The summed E-state index contributed by atoms with van der Waals surface area (Å²) in [5.41, 5.74) is 2.80. The number of hydrogen-bond donors (Lipinski definition) is 1. The van der Waals surface area contributed by atoms with Gasteiger partial charge in [0.1, 0.15) is 0 Å². The second-order valence-corrected chi connectivity index (χ2v) is 6.33. The Labute approximate surface area is 126 Å². The smallest absolute Gasteiger partial charge is 0.0931 e. The van der Waals surface area contributed by atoms with Gasteiger partial charge in [0.25, 0.3) is 0 Å². The molecular formula is C15H14ClN3S. The molecule has 0 saturated carbocycles. The quantitative estimate of drug-likeness (QED) is 0.795.